The molecule has 130 valence electrons. The fourth-order valence-corrected chi connectivity index (χ4v) is 4.23. The van der Waals surface area contributed by atoms with Gasteiger partial charge in [-0.3, -0.25) is 14.4 Å². The second-order valence-electron chi connectivity index (χ2n) is 6.01. The number of hydrogen-bond donors (Lipinski definition) is 1. The van der Waals surface area contributed by atoms with E-state index in [1.54, 1.807) is 0 Å². The van der Waals surface area contributed by atoms with E-state index in [1.165, 1.54) is 4.57 Å². The highest BCUT2D eigenvalue weighted by molar-refractivity contribution is 9.10. The normalized spacial score (nSPS) is 14.5. The number of aliphatic imine (C=N–C) groups is 1. The van der Waals surface area contributed by atoms with Gasteiger partial charge in [-0.2, -0.15) is 0 Å². The smallest absolute Gasteiger partial charge is 0.310 e. The van der Waals surface area contributed by atoms with Crippen LogP contribution in [-0.2, 0) is 6.54 Å². The molecule has 2 heterocycles. The molecule has 2 aromatic carbocycles. The first kappa shape index (κ1) is 17.0. The van der Waals surface area contributed by atoms with Gasteiger partial charge in [-0.1, -0.05) is 63.7 Å². The SMILES string of the molecule is CC1=Nc2ccccc2C1=Cc1sc(=O)n(Cc2ccccc2Br)c1O. The number of thiazole rings is 1. The van der Waals surface area contributed by atoms with Crippen LogP contribution < -0.4 is 4.87 Å². The molecule has 3 aromatic rings. The largest absolute Gasteiger partial charge is 0.493 e. The summed E-state index contributed by atoms with van der Waals surface area (Å²) in [4.78, 5) is 17.3. The van der Waals surface area contributed by atoms with Gasteiger partial charge in [0.05, 0.1) is 17.1 Å². The number of benzene rings is 2. The number of hydrogen-bond acceptors (Lipinski definition) is 4. The Balaban J connectivity index is 1.75. The van der Waals surface area contributed by atoms with Crippen LogP contribution in [0.3, 0.4) is 0 Å². The Morgan fingerprint density at radius 1 is 1.19 bits per heavy atom. The van der Waals surface area contributed by atoms with E-state index in [9.17, 15) is 9.90 Å². The molecule has 4 nitrogen and oxygen atoms in total. The van der Waals surface area contributed by atoms with E-state index in [4.69, 9.17) is 0 Å². The molecule has 0 radical (unpaired) electrons. The quantitative estimate of drug-likeness (QED) is 0.635. The van der Waals surface area contributed by atoms with Crippen molar-refractivity contribution in [1.29, 1.82) is 0 Å². The molecule has 0 unspecified atom stereocenters. The summed E-state index contributed by atoms with van der Waals surface area (Å²) in [6, 6.07) is 15.5. The van der Waals surface area contributed by atoms with Crippen molar-refractivity contribution in [1.82, 2.24) is 4.57 Å². The van der Waals surface area contributed by atoms with Gasteiger partial charge in [0.25, 0.3) is 0 Å². The molecular formula is C20H15BrN2O2S. The molecule has 6 heteroatoms. The van der Waals surface area contributed by atoms with Crippen molar-refractivity contribution in [3.63, 3.8) is 0 Å². The second-order valence-corrected chi connectivity index (χ2v) is 7.85. The van der Waals surface area contributed by atoms with Gasteiger partial charge in [-0.05, 0) is 30.7 Å². The summed E-state index contributed by atoms with van der Waals surface area (Å²) in [5, 5.41) is 10.6. The molecule has 26 heavy (non-hydrogen) atoms. The molecule has 1 N–H and O–H groups in total. The molecule has 0 aliphatic carbocycles. The number of fused-ring (bicyclic) bond motifs is 1. The molecule has 0 amide bonds. The summed E-state index contributed by atoms with van der Waals surface area (Å²) in [5.74, 6) is -0.0135. The summed E-state index contributed by atoms with van der Waals surface area (Å²) in [6.45, 7) is 2.25. The van der Waals surface area contributed by atoms with Crippen molar-refractivity contribution >= 4 is 50.3 Å². The van der Waals surface area contributed by atoms with Crippen LogP contribution in [0.25, 0.3) is 11.6 Å². The first-order chi connectivity index (χ1) is 12.5. The molecular weight excluding hydrogens is 412 g/mol. The lowest BCUT2D eigenvalue weighted by atomic mass is 10.0. The number of aromatic nitrogens is 1. The predicted molar refractivity (Wildman–Crippen MR) is 111 cm³/mol. The van der Waals surface area contributed by atoms with Gasteiger partial charge in [0.1, 0.15) is 0 Å². The van der Waals surface area contributed by atoms with E-state index < -0.39 is 0 Å². The number of aromatic hydroxyl groups is 1. The molecule has 1 aliphatic rings. The van der Waals surface area contributed by atoms with Gasteiger partial charge in [0.2, 0.25) is 5.88 Å². The summed E-state index contributed by atoms with van der Waals surface area (Å²) in [5.41, 5.74) is 4.68. The topological polar surface area (TPSA) is 54.6 Å². The molecule has 4 rings (SSSR count). The van der Waals surface area contributed by atoms with Crippen LogP contribution in [0, 0.1) is 0 Å². The van der Waals surface area contributed by atoms with Gasteiger partial charge < -0.3 is 5.11 Å². The Morgan fingerprint density at radius 2 is 1.92 bits per heavy atom. The third kappa shape index (κ3) is 2.95. The number of rotatable bonds is 3. The number of para-hydroxylation sites is 1. The first-order valence-electron chi connectivity index (χ1n) is 8.07. The van der Waals surface area contributed by atoms with E-state index in [0.29, 0.717) is 11.4 Å². The lowest BCUT2D eigenvalue weighted by molar-refractivity contribution is 0.420. The molecule has 0 fully saturated rings. The summed E-state index contributed by atoms with van der Waals surface area (Å²) in [7, 11) is 0. The van der Waals surface area contributed by atoms with Crippen molar-refractivity contribution in [2.24, 2.45) is 4.99 Å². The maximum Gasteiger partial charge on any atom is 0.310 e. The highest BCUT2D eigenvalue weighted by atomic mass is 79.9. The van der Waals surface area contributed by atoms with Crippen LogP contribution in [-0.4, -0.2) is 15.4 Å². The number of nitrogens with zero attached hydrogens (tertiary/aromatic N) is 2. The Hall–Kier alpha value is -2.44. The van der Waals surface area contributed by atoms with Crippen molar-refractivity contribution in [2.45, 2.75) is 13.5 Å². The average Bonchev–Trinajstić information content (AvgIpc) is 3.08. The van der Waals surface area contributed by atoms with Gasteiger partial charge in [-0.15, -0.1) is 0 Å². The maximum absolute atomic E-state index is 12.4. The lowest BCUT2D eigenvalue weighted by Crippen LogP contribution is -2.13. The van der Waals surface area contributed by atoms with Crippen LogP contribution in [0.15, 0.2) is 62.8 Å². The Morgan fingerprint density at radius 3 is 2.73 bits per heavy atom. The van der Waals surface area contributed by atoms with Crippen molar-refractivity contribution in [2.75, 3.05) is 0 Å². The minimum absolute atomic E-state index is 0.0135. The first-order valence-corrected chi connectivity index (χ1v) is 9.68. The monoisotopic (exact) mass is 426 g/mol. The minimum Gasteiger partial charge on any atom is -0.493 e. The molecule has 0 saturated heterocycles. The van der Waals surface area contributed by atoms with Gasteiger partial charge in [0.15, 0.2) is 0 Å². The zero-order valence-corrected chi connectivity index (χ0v) is 16.3. The highest BCUT2D eigenvalue weighted by Crippen LogP contribution is 2.37. The highest BCUT2D eigenvalue weighted by Gasteiger charge is 2.20. The standard InChI is InChI=1S/C20H15BrN2O2S/c1-12-15(14-7-3-5-9-17(14)22-12)10-18-19(24)23(20(25)26-18)11-13-6-2-4-8-16(13)21/h2-10,24H,11H2,1H3. The van der Waals surface area contributed by atoms with Crippen LogP contribution >= 0.6 is 27.3 Å². The summed E-state index contributed by atoms with van der Waals surface area (Å²) in [6.07, 6.45) is 1.85. The molecule has 0 spiro atoms. The van der Waals surface area contributed by atoms with Crippen molar-refractivity contribution < 1.29 is 5.11 Å². The number of halogens is 1. The Bertz CT molecular complexity index is 1120. The molecule has 0 bridgehead atoms. The average molecular weight is 427 g/mol. The molecule has 0 saturated carbocycles. The van der Waals surface area contributed by atoms with Crippen LogP contribution in [0.4, 0.5) is 5.69 Å². The molecule has 0 atom stereocenters. The van der Waals surface area contributed by atoms with Gasteiger partial charge >= 0.3 is 4.87 Å². The minimum atomic E-state index is -0.189. The number of allylic oxidation sites excluding steroid dienone is 1. The van der Waals surface area contributed by atoms with Crippen LogP contribution in [0.2, 0.25) is 0 Å². The van der Waals surface area contributed by atoms with E-state index in [0.717, 1.165) is 43.9 Å². The summed E-state index contributed by atoms with van der Waals surface area (Å²) >= 11 is 4.53. The molecule has 1 aliphatic heterocycles. The van der Waals surface area contributed by atoms with Crippen LogP contribution in [0.1, 0.15) is 22.9 Å². The van der Waals surface area contributed by atoms with E-state index in [-0.39, 0.29) is 10.8 Å². The molecule has 1 aromatic heterocycles. The summed E-state index contributed by atoms with van der Waals surface area (Å²) < 4.78 is 2.30. The fourth-order valence-electron chi connectivity index (χ4n) is 2.99. The lowest BCUT2D eigenvalue weighted by Gasteiger charge is -2.06. The predicted octanol–water partition coefficient (Wildman–Crippen LogP) is 5.07. The van der Waals surface area contributed by atoms with Gasteiger partial charge in [-0.25, -0.2) is 0 Å². The maximum atomic E-state index is 12.4. The zero-order chi connectivity index (χ0) is 18.3. The Kier molecular flexibility index (Phi) is 4.38. The van der Waals surface area contributed by atoms with Crippen LogP contribution in [0.5, 0.6) is 5.88 Å². The third-order valence-corrected chi connectivity index (χ3v) is 6.02. The van der Waals surface area contributed by atoms with Crippen molar-refractivity contribution in [3.05, 3.63) is 78.7 Å². The van der Waals surface area contributed by atoms with E-state index >= 15 is 0 Å². The Labute approximate surface area is 162 Å². The third-order valence-electron chi connectivity index (χ3n) is 4.33. The van der Waals surface area contributed by atoms with Gasteiger partial charge in [0, 0.05) is 21.3 Å². The fraction of sp³-hybridized carbons (Fsp3) is 0.100. The van der Waals surface area contributed by atoms with E-state index in [1.807, 2.05) is 61.5 Å². The second kappa shape index (κ2) is 6.70. The zero-order valence-electron chi connectivity index (χ0n) is 13.9. The van der Waals surface area contributed by atoms with E-state index in [2.05, 4.69) is 20.9 Å². The van der Waals surface area contributed by atoms with Crippen molar-refractivity contribution in [3.8, 4) is 5.88 Å².